The van der Waals surface area contributed by atoms with E-state index in [0.29, 0.717) is 60.6 Å². The molecule has 7 aliphatic rings. The molecule has 4 N–H and O–H groups in total. The lowest BCUT2D eigenvalue weighted by atomic mass is 9.52. The highest BCUT2D eigenvalue weighted by atomic mass is 31.2. The van der Waals surface area contributed by atoms with Gasteiger partial charge in [-0.05, 0) is 190 Å². The first-order valence-corrected chi connectivity index (χ1v) is 28.4. The van der Waals surface area contributed by atoms with Crippen molar-refractivity contribution in [2.24, 2.45) is 52.8 Å². The van der Waals surface area contributed by atoms with Crippen LogP contribution in [0, 0.1) is 52.8 Å². The van der Waals surface area contributed by atoms with Crippen LogP contribution in [0.4, 0.5) is 0 Å². The van der Waals surface area contributed by atoms with Crippen molar-refractivity contribution in [1.82, 2.24) is 0 Å². The van der Waals surface area contributed by atoms with Crippen LogP contribution in [-0.4, -0.2) is 80.1 Å². The van der Waals surface area contributed by atoms with Crippen molar-refractivity contribution in [3.63, 3.8) is 0 Å². The summed E-state index contributed by atoms with van der Waals surface area (Å²) in [7, 11) is -7.20. The molecule has 0 heterocycles. The fourth-order valence-electron chi connectivity index (χ4n) is 14.4. The molecule has 0 aromatic rings. The lowest BCUT2D eigenvalue weighted by Crippen LogP contribution is -2.47. The number of ketones is 2. The van der Waals surface area contributed by atoms with Gasteiger partial charge in [-0.25, -0.2) is 0 Å². The van der Waals surface area contributed by atoms with Gasteiger partial charge in [0.05, 0.1) is 41.8 Å². The third kappa shape index (κ3) is 11.9. The molecule has 7 rings (SSSR count). The Morgan fingerprint density at radius 3 is 1.21 bits per heavy atom. The molecule has 7 saturated carbocycles. The molecule has 7 aliphatic carbocycles. The van der Waals surface area contributed by atoms with Crippen molar-refractivity contribution in [2.45, 2.75) is 229 Å². The van der Waals surface area contributed by atoms with E-state index < -0.39 is 32.4 Å². The predicted molar refractivity (Wildman–Crippen MR) is 236 cm³/mol. The van der Waals surface area contributed by atoms with Crippen molar-refractivity contribution in [1.29, 1.82) is 0 Å². The van der Waals surface area contributed by atoms with Crippen molar-refractivity contribution >= 4 is 26.8 Å². The van der Waals surface area contributed by atoms with E-state index in [-0.39, 0.29) is 54.5 Å². The van der Waals surface area contributed by atoms with Crippen molar-refractivity contribution in [3.8, 4) is 0 Å². The highest BCUT2D eigenvalue weighted by Crippen LogP contribution is 2.59. The summed E-state index contributed by atoms with van der Waals surface area (Å²) >= 11 is 0. The number of methoxy groups -OCH3 is 1. The quantitative estimate of drug-likeness (QED) is 0.122. The minimum atomic E-state index is -4.60. The first kappa shape index (κ1) is 48.5. The zero-order valence-electron chi connectivity index (χ0n) is 37.8. The lowest BCUT2D eigenvalue weighted by Gasteiger charge is -2.54. The van der Waals surface area contributed by atoms with Crippen LogP contribution in [0.15, 0.2) is 0 Å². The SMILES string of the molecule is COC1CCC(C(C)(C2CCC(OC3CCC(C(=O)C4CCC(C)CC4)CC3)CC2)C2CCC(OC3CCC(C(=O)C4CC(P(=O)(O)O)CCC4P(=O)(O)O)CC3)CC2)CC1. The third-order valence-electron chi connectivity index (χ3n) is 18.4. The second-order valence-corrected chi connectivity index (χ2v) is 25.6. The van der Waals surface area contributed by atoms with Gasteiger partial charge in [-0.3, -0.25) is 18.7 Å². The van der Waals surface area contributed by atoms with Gasteiger partial charge in [-0.15, -0.1) is 0 Å². The van der Waals surface area contributed by atoms with E-state index in [1.54, 1.807) is 0 Å². The highest BCUT2D eigenvalue weighted by molar-refractivity contribution is 7.53. The van der Waals surface area contributed by atoms with E-state index in [0.717, 1.165) is 95.8 Å². The van der Waals surface area contributed by atoms with Gasteiger partial charge in [0.25, 0.3) is 0 Å². The van der Waals surface area contributed by atoms with Crippen LogP contribution in [0.3, 0.4) is 0 Å². The molecule has 0 radical (unpaired) electrons. The number of hydrogen-bond acceptors (Lipinski definition) is 7. The fraction of sp³-hybridized carbons (Fsp3) is 0.958. The molecule has 0 aromatic carbocycles. The number of ether oxygens (including phenoxy) is 3. The molecule has 13 heteroatoms. The van der Waals surface area contributed by atoms with Crippen molar-refractivity contribution in [3.05, 3.63) is 0 Å². The summed E-state index contributed by atoms with van der Waals surface area (Å²) in [6, 6.07) is 0. The molecule has 0 saturated heterocycles. The van der Waals surface area contributed by atoms with Crippen LogP contribution >= 0.6 is 15.2 Å². The lowest BCUT2D eigenvalue weighted by molar-refractivity contribution is -0.131. The molecular formula is C48H82O11P2. The normalized spacial score (nSPS) is 42.0. The second-order valence-electron chi connectivity index (χ2n) is 21.8. The molecule has 11 nitrogen and oxygen atoms in total. The summed E-state index contributed by atoms with van der Waals surface area (Å²) < 4.78 is 43.9. The van der Waals surface area contributed by atoms with Crippen LogP contribution < -0.4 is 0 Å². The average molecular weight is 897 g/mol. The van der Waals surface area contributed by atoms with E-state index in [2.05, 4.69) is 13.8 Å². The van der Waals surface area contributed by atoms with Crippen molar-refractivity contribution < 1.29 is 52.5 Å². The van der Waals surface area contributed by atoms with Gasteiger partial charge in [0, 0.05) is 30.8 Å². The summed E-state index contributed by atoms with van der Waals surface area (Å²) in [4.78, 5) is 66.8. The van der Waals surface area contributed by atoms with Crippen LogP contribution in [0.1, 0.15) is 187 Å². The minimum Gasteiger partial charge on any atom is -0.381 e. The topological polar surface area (TPSA) is 177 Å². The maximum atomic E-state index is 13.7. The average Bonchev–Trinajstić information content (AvgIpc) is 3.26. The smallest absolute Gasteiger partial charge is 0.329 e. The Balaban J connectivity index is 0.883. The summed E-state index contributed by atoms with van der Waals surface area (Å²) in [5.74, 6) is 2.31. The van der Waals surface area contributed by atoms with Crippen LogP contribution in [0.5, 0.6) is 0 Å². The molecule has 350 valence electrons. The summed E-state index contributed by atoms with van der Waals surface area (Å²) in [6.07, 6.45) is 26.3. The molecule has 0 aliphatic heterocycles. The highest BCUT2D eigenvalue weighted by Gasteiger charge is 2.51. The van der Waals surface area contributed by atoms with Gasteiger partial charge in [-0.1, -0.05) is 26.7 Å². The second kappa shape index (κ2) is 21.0. The summed E-state index contributed by atoms with van der Waals surface area (Å²) in [5.41, 5.74) is -1.93. The van der Waals surface area contributed by atoms with Gasteiger partial charge < -0.3 is 33.8 Å². The van der Waals surface area contributed by atoms with Crippen LogP contribution in [0.2, 0.25) is 0 Å². The standard InChI is InChI=1S/C48H82O11P2/c1-31-4-6-32(7-5-31)46(49)33-8-18-39(19-9-33)58-41-24-14-36(15-25-41)48(2,35-12-22-38(57-3)23-13-35)37-16-26-42(27-17-37)59-40-20-10-34(11-21-40)47(50)44-30-43(60(51,52)53)28-29-45(44)61(54,55)56/h31-45H,4-30H2,1-3H3,(H2,51,52,53)(H2,54,55,56). The molecule has 4 atom stereocenters. The Morgan fingerprint density at radius 1 is 0.475 bits per heavy atom. The first-order chi connectivity index (χ1) is 29.0. The molecule has 0 aromatic heterocycles. The Morgan fingerprint density at radius 2 is 0.836 bits per heavy atom. The third-order valence-corrected chi connectivity index (χ3v) is 21.3. The molecule has 0 bridgehead atoms. The zero-order valence-corrected chi connectivity index (χ0v) is 39.6. The minimum absolute atomic E-state index is 0.0168. The number of carbonyl (C=O) groups is 2. The summed E-state index contributed by atoms with van der Waals surface area (Å²) in [5, 5.41) is 0. The van der Waals surface area contributed by atoms with E-state index in [1.807, 2.05) is 7.11 Å². The van der Waals surface area contributed by atoms with Gasteiger partial charge in [0.1, 0.15) is 11.6 Å². The van der Waals surface area contributed by atoms with E-state index in [9.17, 15) is 38.3 Å². The maximum Gasteiger partial charge on any atom is 0.329 e. The van der Waals surface area contributed by atoms with Crippen LogP contribution in [0.25, 0.3) is 0 Å². The molecular weight excluding hydrogens is 814 g/mol. The predicted octanol–water partition coefficient (Wildman–Crippen LogP) is 10.3. The Labute approximate surface area is 367 Å². The maximum absolute atomic E-state index is 13.7. The molecule has 0 spiro atoms. The largest absolute Gasteiger partial charge is 0.381 e. The van der Waals surface area contributed by atoms with Gasteiger partial charge >= 0.3 is 15.2 Å². The van der Waals surface area contributed by atoms with E-state index >= 15 is 0 Å². The molecule has 7 fully saturated rings. The van der Waals surface area contributed by atoms with Gasteiger partial charge in [0.2, 0.25) is 0 Å². The number of rotatable bonds is 14. The van der Waals surface area contributed by atoms with Crippen LogP contribution in [-0.2, 0) is 32.9 Å². The molecule has 4 unspecified atom stereocenters. The number of Topliss-reactive ketones (excluding diaryl/α,β-unsaturated/α-hetero) is 2. The Bertz CT molecular complexity index is 1520. The van der Waals surface area contributed by atoms with E-state index in [1.165, 1.54) is 51.4 Å². The zero-order chi connectivity index (χ0) is 43.5. The Hall–Kier alpha value is -0.480. The molecule has 0 amide bonds. The number of hydrogen-bond donors (Lipinski definition) is 4. The van der Waals surface area contributed by atoms with Gasteiger partial charge in [-0.2, -0.15) is 0 Å². The number of carbonyl (C=O) groups excluding carboxylic acids is 2. The first-order valence-electron chi connectivity index (χ1n) is 25.0. The molecule has 61 heavy (non-hydrogen) atoms. The van der Waals surface area contributed by atoms with Gasteiger partial charge in [0.15, 0.2) is 0 Å². The summed E-state index contributed by atoms with van der Waals surface area (Å²) in [6.45, 7) is 4.97. The monoisotopic (exact) mass is 897 g/mol. The van der Waals surface area contributed by atoms with E-state index in [4.69, 9.17) is 14.2 Å². The van der Waals surface area contributed by atoms with Crippen molar-refractivity contribution in [2.75, 3.05) is 7.11 Å². The fourth-order valence-corrected chi connectivity index (χ4v) is 16.6. The Kier molecular flexibility index (Phi) is 16.7.